The molecule has 0 radical (unpaired) electrons. The maximum atomic E-state index is 5.38. The van der Waals surface area contributed by atoms with Crippen molar-refractivity contribution in [3.63, 3.8) is 0 Å². The third-order valence-corrected chi connectivity index (χ3v) is 3.31. The summed E-state index contributed by atoms with van der Waals surface area (Å²) in [6, 6.07) is 0. The highest BCUT2D eigenvalue weighted by Crippen LogP contribution is 2.23. The summed E-state index contributed by atoms with van der Waals surface area (Å²) in [5.74, 6) is 0. The van der Waals surface area contributed by atoms with E-state index in [-0.39, 0.29) is 0 Å². The zero-order valence-corrected chi connectivity index (χ0v) is 9.32. The minimum atomic E-state index is 0.765. The van der Waals surface area contributed by atoms with Crippen LogP contribution in [0.3, 0.4) is 0 Å². The molecule has 1 aliphatic rings. The average molecular weight is 212 g/mol. The molecule has 0 aromatic carbocycles. The summed E-state index contributed by atoms with van der Waals surface area (Å²) in [6.45, 7) is 5.75. The highest BCUT2D eigenvalue weighted by molar-refractivity contribution is 7.11. The minimum absolute atomic E-state index is 0.765. The van der Waals surface area contributed by atoms with Gasteiger partial charge in [0.1, 0.15) is 5.01 Å². The second kappa shape index (κ2) is 4.87. The Hall–Kier alpha value is -0.450. The predicted octanol–water partition coefficient (Wildman–Crippen LogP) is 1.72. The van der Waals surface area contributed by atoms with Crippen molar-refractivity contribution in [3.05, 3.63) is 15.6 Å². The molecule has 0 unspecified atom stereocenters. The first-order valence-electron chi connectivity index (χ1n) is 5.16. The Kier molecular flexibility index (Phi) is 3.50. The lowest BCUT2D eigenvalue weighted by molar-refractivity contribution is 0.112. The van der Waals surface area contributed by atoms with Gasteiger partial charge in [-0.1, -0.05) is 6.92 Å². The normalized spacial score (nSPS) is 15.5. The van der Waals surface area contributed by atoms with Crippen molar-refractivity contribution in [1.82, 2.24) is 10.3 Å². The van der Waals surface area contributed by atoms with Gasteiger partial charge in [-0.3, -0.25) is 0 Å². The van der Waals surface area contributed by atoms with E-state index in [1.54, 1.807) is 11.3 Å². The molecule has 1 N–H and O–H groups in total. The molecule has 2 rings (SSSR count). The van der Waals surface area contributed by atoms with Crippen LogP contribution in [0.1, 0.15) is 28.9 Å². The lowest BCUT2D eigenvalue weighted by Crippen LogP contribution is -2.13. The first-order chi connectivity index (χ1) is 6.90. The molecule has 0 saturated heterocycles. The van der Waals surface area contributed by atoms with Crippen molar-refractivity contribution in [2.45, 2.75) is 32.9 Å². The smallest absolute Gasteiger partial charge is 0.107 e. The maximum Gasteiger partial charge on any atom is 0.107 e. The zero-order chi connectivity index (χ0) is 9.80. The van der Waals surface area contributed by atoms with Crippen molar-refractivity contribution in [3.8, 4) is 0 Å². The van der Waals surface area contributed by atoms with Crippen molar-refractivity contribution in [2.24, 2.45) is 0 Å². The van der Waals surface area contributed by atoms with Gasteiger partial charge in [0.25, 0.3) is 0 Å². The molecular formula is C10H16N2OS. The Morgan fingerprint density at radius 1 is 1.57 bits per heavy atom. The maximum absolute atomic E-state index is 5.38. The lowest BCUT2D eigenvalue weighted by Gasteiger charge is -2.08. The molecule has 78 valence electrons. The van der Waals surface area contributed by atoms with Crippen LogP contribution in [0.25, 0.3) is 0 Å². The highest BCUT2D eigenvalue weighted by atomic mass is 32.1. The molecule has 0 spiro atoms. The van der Waals surface area contributed by atoms with Gasteiger partial charge >= 0.3 is 0 Å². The van der Waals surface area contributed by atoms with Crippen LogP contribution >= 0.6 is 11.3 Å². The third-order valence-electron chi connectivity index (χ3n) is 2.24. The second-order valence-electron chi connectivity index (χ2n) is 3.46. The van der Waals surface area contributed by atoms with Gasteiger partial charge in [-0.25, -0.2) is 4.98 Å². The number of fused-ring (bicyclic) bond motifs is 1. The van der Waals surface area contributed by atoms with Crippen molar-refractivity contribution in [2.75, 3.05) is 13.2 Å². The van der Waals surface area contributed by atoms with Crippen LogP contribution in [-0.2, 0) is 24.3 Å². The molecule has 4 heteroatoms. The van der Waals surface area contributed by atoms with E-state index < -0.39 is 0 Å². The number of nitrogens with zero attached hydrogens (tertiary/aromatic N) is 1. The molecule has 14 heavy (non-hydrogen) atoms. The fourth-order valence-corrected chi connectivity index (χ4v) is 2.55. The van der Waals surface area contributed by atoms with Gasteiger partial charge in [0.15, 0.2) is 0 Å². The van der Waals surface area contributed by atoms with Gasteiger partial charge in [-0.15, -0.1) is 11.3 Å². The molecule has 0 fully saturated rings. The van der Waals surface area contributed by atoms with E-state index in [0.29, 0.717) is 0 Å². The molecule has 1 aromatic heterocycles. The Balaban J connectivity index is 1.94. The van der Waals surface area contributed by atoms with Crippen LogP contribution in [0.2, 0.25) is 0 Å². The third kappa shape index (κ3) is 2.32. The molecule has 0 amide bonds. The Morgan fingerprint density at radius 3 is 3.29 bits per heavy atom. The van der Waals surface area contributed by atoms with E-state index in [9.17, 15) is 0 Å². The molecule has 2 heterocycles. The Labute approximate surface area is 88.5 Å². The Morgan fingerprint density at radius 2 is 2.50 bits per heavy atom. The molecule has 3 nitrogen and oxygen atoms in total. The van der Waals surface area contributed by atoms with Gasteiger partial charge < -0.3 is 10.1 Å². The van der Waals surface area contributed by atoms with Crippen molar-refractivity contribution in [1.29, 1.82) is 0 Å². The molecular weight excluding hydrogens is 196 g/mol. The largest absolute Gasteiger partial charge is 0.375 e. The monoisotopic (exact) mass is 212 g/mol. The number of rotatable bonds is 4. The van der Waals surface area contributed by atoms with Gasteiger partial charge in [-0.05, 0) is 13.0 Å². The average Bonchev–Trinajstić information content (AvgIpc) is 2.60. The van der Waals surface area contributed by atoms with E-state index >= 15 is 0 Å². The SMILES string of the molecule is CCCNCc1nc2c(s1)COCC2. The van der Waals surface area contributed by atoms with E-state index in [0.717, 1.165) is 32.7 Å². The fourth-order valence-electron chi connectivity index (χ4n) is 1.53. The van der Waals surface area contributed by atoms with E-state index in [4.69, 9.17) is 4.74 Å². The van der Waals surface area contributed by atoms with Crippen LogP contribution in [0.15, 0.2) is 0 Å². The minimum Gasteiger partial charge on any atom is -0.375 e. The summed E-state index contributed by atoms with van der Waals surface area (Å²) in [6.07, 6.45) is 2.16. The second-order valence-corrected chi connectivity index (χ2v) is 4.63. The van der Waals surface area contributed by atoms with E-state index in [2.05, 4.69) is 17.2 Å². The highest BCUT2D eigenvalue weighted by Gasteiger charge is 2.14. The van der Waals surface area contributed by atoms with Crippen LogP contribution in [-0.4, -0.2) is 18.1 Å². The Bertz CT molecular complexity index is 275. The first kappa shape index (κ1) is 10.1. The van der Waals surface area contributed by atoms with Crippen LogP contribution in [0, 0.1) is 0 Å². The number of ether oxygens (including phenoxy) is 1. The van der Waals surface area contributed by atoms with Crippen molar-refractivity contribution < 1.29 is 4.74 Å². The summed E-state index contributed by atoms with van der Waals surface area (Å²) >= 11 is 1.79. The molecule has 0 aliphatic carbocycles. The van der Waals surface area contributed by atoms with Crippen molar-refractivity contribution >= 4 is 11.3 Å². The van der Waals surface area contributed by atoms with Crippen LogP contribution in [0.4, 0.5) is 0 Å². The van der Waals surface area contributed by atoms with Crippen LogP contribution in [0.5, 0.6) is 0 Å². The van der Waals surface area contributed by atoms with Gasteiger partial charge in [0.2, 0.25) is 0 Å². The topological polar surface area (TPSA) is 34.2 Å². The fraction of sp³-hybridized carbons (Fsp3) is 0.700. The lowest BCUT2D eigenvalue weighted by atomic mass is 10.2. The quantitative estimate of drug-likeness (QED) is 0.772. The molecule has 1 aliphatic heterocycles. The van der Waals surface area contributed by atoms with Gasteiger partial charge in [0.05, 0.1) is 23.8 Å². The number of hydrogen-bond donors (Lipinski definition) is 1. The summed E-state index contributed by atoms with van der Waals surface area (Å²) in [5.41, 5.74) is 1.26. The summed E-state index contributed by atoms with van der Waals surface area (Å²) in [4.78, 5) is 5.92. The van der Waals surface area contributed by atoms with E-state index in [1.807, 2.05) is 0 Å². The first-order valence-corrected chi connectivity index (χ1v) is 5.97. The predicted molar refractivity (Wildman–Crippen MR) is 57.5 cm³/mol. The van der Waals surface area contributed by atoms with E-state index in [1.165, 1.54) is 22.0 Å². The molecule has 0 atom stereocenters. The molecule has 0 bridgehead atoms. The zero-order valence-electron chi connectivity index (χ0n) is 8.51. The molecule has 0 saturated carbocycles. The number of nitrogens with one attached hydrogen (secondary N) is 1. The number of hydrogen-bond acceptors (Lipinski definition) is 4. The summed E-state index contributed by atoms with van der Waals surface area (Å²) < 4.78 is 5.38. The van der Waals surface area contributed by atoms with Gasteiger partial charge in [0, 0.05) is 13.0 Å². The van der Waals surface area contributed by atoms with Gasteiger partial charge in [-0.2, -0.15) is 0 Å². The molecule has 1 aromatic rings. The summed E-state index contributed by atoms with van der Waals surface area (Å²) in [7, 11) is 0. The number of aromatic nitrogens is 1. The van der Waals surface area contributed by atoms with Crippen LogP contribution < -0.4 is 5.32 Å². The standard InChI is InChI=1S/C10H16N2OS/c1-2-4-11-6-10-12-8-3-5-13-7-9(8)14-10/h11H,2-7H2,1H3. The summed E-state index contributed by atoms with van der Waals surface area (Å²) in [5, 5.41) is 4.57. The number of thiazole rings is 1.